The molecule has 1 aliphatic rings. The van der Waals surface area contributed by atoms with Gasteiger partial charge in [-0.15, -0.1) is 0 Å². The third-order valence-electron chi connectivity index (χ3n) is 3.92. The number of nitrogens with one attached hydrogen (secondary N) is 1. The summed E-state index contributed by atoms with van der Waals surface area (Å²) in [7, 11) is 0. The van der Waals surface area contributed by atoms with Crippen molar-refractivity contribution in [2.75, 3.05) is 6.54 Å². The van der Waals surface area contributed by atoms with E-state index in [2.05, 4.69) is 23.5 Å². The van der Waals surface area contributed by atoms with Crippen molar-refractivity contribution in [3.63, 3.8) is 0 Å². The maximum Gasteiger partial charge on any atom is 0.219 e. The molecule has 2 aromatic rings. The van der Waals surface area contributed by atoms with Crippen molar-refractivity contribution in [3.05, 3.63) is 35.6 Å². The van der Waals surface area contributed by atoms with E-state index in [1.54, 1.807) is 0 Å². The maximum absolute atomic E-state index is 11.5. The molecule has 1 fully saturated rings. The zero-order valence-electron chi connectivity index (χ0n) is 11.9. The predicted octanol–water partition coefficient (Wildman–Crippen LogP) is 3.77. The molecule has 1 aliphatic carbocycles. The molecule has 0 bridgehead atoms. The van der Waals surface area contributed by atoms with E-state index in [-0.39, 0.29) is 5.91 Å². The van der Waals surface area contributed by atoms with Crippen molar-refractivity contribution < 1.29 is 9.21 Å². The highest BCUT2D eigenvalue weighted by atomic mass is 16.3. The molecule has 1 heterocycles. The fraction of sp³-hybridized carbons (Fsp3) is 0.471. The Kier molecular flexibility index (Phi) is 3.77. The lowest BCUT2D eigenvalue weighted by atomic mass is 10.0. The van der Waals surface area contributed by atoms with Gasteiger partial charge in [0.05, 0.1) is 6.26 Å². The third-order valence-corrected chi connectivity index (χ3v) is 3.92. The Labute approximate surface area is 119 Å². The molecule has 0 aliphatic heterocycles. The molecule has 1 aromatic heterocycles. The fourth-order valence-electron chi connectivity index (χ4n) is 2.62. The first-order valence-corrected chi connectivity index (χ1v) is 7.54. The van der Waals surface area contributed by atoms with Crippen LogP contribution in [0, 0.1) is 0 Å². The first-order valence-electron chi connectivity index (χ1n) is 7.54. The van der Waals surface area contributed by atoms with Crippen molar-refractivity contribution >= 4 is 16.9 Å². The Morgan fingerprint density at radius 2 is 2.25 bits per heavy atom. The van der Waals surface area contributed by atoms with Gasteiger partial charge in [0, 0.05) is 18.4 Å². The number of hydrogen-bond donors (Lipinski definition) is 1. The zero-order valence-corrected chi connectivity index (χ0v) is 11.9. The van der Waals surface area contributed by atoms with Gasteiger partial charge in [-0.3, -0.25) is 4.79 Å². The van der Waals surface area contributed by atoms with Crippen LogP contribution in [-0.2, 0) is 11.2 Å². The fourth-order valence-corrected chi connectivity index (χ4v) is 2.62. The van der Waals surface area contributed by atoms with Crippen molar-refractivity contribution in [2.24, 2.45) is 0 Å². The number of benzene rings is 1. The summed E-state index contributed by atoms with van der Waals surface area (Å²) < 4.78 is 5.60. The van der Waals surface area contributed by atoms with Crippen LogP contribution in [0.2, 0.25) is 0 Å². The first kappa shape index (κ1) is 13.2. The topological polar surface area (TPSA) is 42.2 Å². The van der Waals surface area contributed by atoms with Crippen molar-refractivity contribution in [1.29, 1.82) is 0 Å². The van der Waals surface area contributed by atoms with Crippen molar-refractivity contribution in [3.8, 4) is 0 Å². The molecule has 1 N–H and O–H groups in total. The average Bonchev–Trinajstić information content (AvgIpc) is 3.22. The number of amides is 1. The van der Waals surface area contributed by atoms with Gasteiger partial charge < -0.3 is 9.73 Å². The van der Waals surface area contributed by atoms with Crippen LogP contribution in [0.25, 0.3) is 11.0 Å². The van der Waals surface area contributed by atoms with Crippen molar-refractivity contribution in [2.45, 2.75) is 44.9 Å². The van der Waals surface area contributed by atoms with Crippen LogP contribution in [-0.4, -0.2) is 12.5 Å². The molecule has 3 nitrogen and oxygen atoms in total. The Bertz CT molecular complexity index is 610. The van der Waals surface area contributed by atoms with E-state index in [0.717, 1.165) is 24.3 Å². The molecule has 0 spiro atoms. The summed E-state index contributed by atoms with van der Waals surface area (Å²) in [6.07, 6.45) is 6.78. The molecule has 3 rings (SSSR count). The largest absolute Gasteiger partial charge is 0.464 e. The van der Waals surface area contributed by atoms with Gasteiger partial charge in [-0.25, -0.2) is 0 Å². The second-order valence-corrected chi connectivity index (χ2v) is 5.64. The Morgan fingerprint density at radius 1 is 1.40 bits per heavy atom. The zero-order chi connectivity index (χ0) is 13.9. The second-order valence-electron chi connectivity index (χ2n) is 5.64. The van der Waals surface area contributed by atoms with Crippen LogP contribution in [0.5, 0.6) is 0 Å². The summed E-state index contributed by atoms with van der Waals surface area (Å²) in [5.41, 5.74) is 3.57. The van der Waals surface area contributed by atoms with Gasteiger partial charge >= 0.3 is 0 Å². The van der Waals surface area contributed by atoms with Gasteiger partial charge in [0.2, 0.25) is 5.91 Å². The van der Waals surface area contributed by atoms with Gasteiger partial charge in [0.1, 0.15) is 5.58 Å². The van der Waals surface area contributed by atoms with Crippen LogP contribution in [0.1, 0.15) is 49.7 Å². The molecule has 0 atom stereocenters. The van der Waals surface area contributed by atoms with E-state index in [1.807, 2.05) is 13.2 Å². The van der Waals surface area contributed by atoms with E-state index < -0.39 is 0 Å². The summed E-state index contributed by atoms with van der Waals surface area (Å²) in [6, 6.07) is 6.51. The highest BCUT2D eigenvalue weighted by molar-refractivity contribution is 5.82. The summed E-state index contributed by atoms with van der Waals surface area (Å²) in [5, 5.41) is 4.16. The maximum atomic E-state index is 11.5. The van der Waals surface area contributed by atoms with E-state index >= 15 is 0 Å². The summed E-state index contributed by atoms with van der Waals surface area (Å²) in [5.74, 6) is 0.894. The first-order chi connectivity index (χ1) is 9.78. The monoisotopic (exact) mass is 271 g/mol. The average molecular weight is 271 g/mol. The Balaban J connectivity index is 1.68. The van der Waals surface area contributed by atoms with Crippen LogP contribution in [0.4, 0.5) is 0 Å². The van der Waals surface area contributed by atoms with Gasteiger partial charge in [-0.05, 0) is 54.9 Å². The van der Waals surface area contributed by atoms with Crippen LogP contribution in [0.15, 0.2) is 28.9 Å². The van der Waals surface area contributed by atoms with E-state index in [4.69, 9.17) is 4.42 Å². The molecule has 0 saturated heterocycles. The summed E-state index contributed by atoms with van der Waals surface area (Å²) >= 11 is 0. The van der Waals surface area contributed by atoms with Crippen LogP contribution >= 0.6 is 0 Å². The number of carbonyl (C=O) groups excluding carboxylic acids is 1. The molecular weight excluding hydrogens is 250 g/mol. The van der Waals surface area contributed by atoms with Crippen molar-refractivity contribution in [1.82, 2.24) is 5.32 Å². The predicted molar refractivity (Wildman–Crippen MR) is 79.8 cm³/mol. The highest BCUT2D eigenvalue weighted by Gasteiger charge is 2.24. The smallest absolute Gasteiger partial charge is 0.219 e. The number of carbonyl (C=O) groups is 1. The minimum atomic E-state index is 0.138. The number of fused-ring (bicyclic) bond motifs is 1. The SMILES string of the molecule is CCCC(=O)NCCc1coc2ccc(C3CC3)cc12. The molecule has 106 valence electrons. The molecule has 1 aromatic carbocycles. The molecule has 20 heavy (non-hydrogen) atoms. The van der Waals surface area contributed by atoms with E-state index in [1.165, 1.54) is 29.4 Å². The number of rotatable bonds is 6. The van der Waals surface area contributed by atoms with Crippen LogP contribution in [0.3, 0.4) is 0 Å². The third kappa shape index (κ3) is 2.87. The van der Waals surface area contributed by atoms with Crippen LogP contribution < -0.4 is 5.32 Å². The summed E-state index contributed by atoms with van der Waals surface area (Å²) in [4.78, 5) is 11.5. The van der Waals surface area contributed by atoms with Gasteiger partial charge in [-0.2, -0.15) is 0 Å². The van der Waals surface area contributed by atoms with E-state index in [9.17, 15) is 4.79 Å². The van der Waals surface area contributed by atoms with Gasteiger partial charge in [-0.1, -0.05) is 13.0 Å². The normalized spacial score (nSPS) is 14.7. The second kappa shape index (κ2) is 5.70. The molecule has 0 unspecified atom stereocenters. The molecule has 1 saturated carbocycles. The molecule has 1 amide bonds. The standard InChI is InChI=1S/C17H21NO2/c1-2-3-17(19)18-9-8-14-11-20-16-7-6-13(10-15(14)16)12-4-5-12/h6-7,10-12H,2-5,8-9H2,1H3,(H,18,19). The Hall–Kier alpha value is -1.77. The molecule has 0 radical (unpaired) electrons. The summed E-state index contributed by atoms with van der Waals surface area (Å²) in [6.45, 7) is 2.70. The minimum absolute atomic E-state index is 0.138. The number of furan rings is 1. The van der Waals surface area contributed by atoms with E-state index in [0.29, 0.717) is 13.0 Å². The number of hydrogen-bond acceptors (Lipinski definition) is 2. The molecular formula is C17H21NO2. The lowest BCUT2D eigenvalue weighted by molar-refractivity contribution is -0.121. The van der Waals surface area contributed by atoms with Gasteiger partial charge in [0.25, 0.3) is 0 Å². The lowest BCUT2D eigenvalue weighted by Gasteiger charge is -2.03. The minimum Gasteiger partial charge on any atom is -0.464 e. The highest BCUT2D eigenvalue weighted by Crippen LogP contribution is 2.41. The quantitative estimate of drug-likeness (QED) is 0.869. The van der Waals surface area contributed by atoms with Gasteiger partial charge in [0.15, 0.2) is 0 Å². The Morgan fingerprint density at radius 3 is 3.00 bits per heavy atom. The lowest BCUT2D eigenvalue weighted by Crippen LogP contribution is -2.25. The molecule has 3 heteroatoms.